The van der Waals surface area contributed by atoms with Crippen LogP contribution in [0.3, 0.4) is 0 Å². The molecule has 11 heavy (non-hydrogen) atoms. The predicted molar refractivity (Wildman–Crippen MR) is 51.3 cm³/mol. The van der Waals surface area contributed by atoms with Crippen LogP contribution in [0.2, 0.25) is 0 Å². The number of alkyl halides is 1. The summed E-state index contributed by atoms with van der Waals surface area (Å²) in [5.41, 5.74) is 1.34. The van der Waals surface area contributed by atoms with Crippen molar-refractivity contribution in [3.8, 4) is 0 Å². The monoisotopic (exact) mass is 189 g/mol. The molecular weight excluding hydrogens is 178 g/mol. The quantitative estimate of drug-likeness (QED) is 0.718. The second-order valence-electron chi connectivity index (χ2n) is 2.54. The minimum absolute atomic E-state index is 0.216. The van der Waals surface area contributed by atoms with E-state index in [0.29, 0.717) is 0 Å². The standard InChI is InChI=1S/C8H12ClNS/c1-7(9)4-10-5-8-2-3-11-6-8/h2-3,6-7,10H,4-5H2,1H3. The largest absolute Gasteiger partial charge is 0.311 e. The van der Waals surface area contributed by atoms with Gasteiger partial charge in [-0.3, -0.25) is 0 Å². The van der Waals surface area contributed by atoms with Crippen LogP contribution >= 0.6 is 22.9 Å². The SMILES string of the molecule is CC(Cl)CNCc1ccsc1. The van der Waals surface area contributed by atoms with E-state index in [-0.39, 0.29) is 5.38 Å². The molecule has 1 nitrogen and oxygen atoms in total. The van der Waals surface area contributed by atoms with Gasteiger partial charge in [-0.05, 0) is 29.3 Å². The number of halogens is 1. The van der Waals surface area contributed by atoms with Crippen molar-refractivity contribution in [3.63, 3.8) is 0 Å². The average Bonchev–Trinajstić information content (AvgIpc) is 2.39. The molecule has 1 rings (SSSR count). The van der Waals surface area contributed by atoms with E-state index in [4.69, 9.17) is 11.6 Å². The Balaban J connectivity index is 2.14. The summed E-state index contributed by atoms with van der Waals surface area (Å²) in [6, 6.07) is 2.12. The normalized spacial score (nSPS) is 13.3. The summed E-state index contributed by atoms with van der Waals surface area (Å²) >= 11 is 7.48. The van der Waals surface area contributed by atoms with Crippen LogP contribution in [0.4, 0.5) is 0 Å². The fourth-order valence-electron chi connectivity index (χ4n) is 0.809. The van der Waals surface area contributed by atoms with Crippen molar-refractivity contribution in [2.45, 2.75) is 18.8 Å². The average molecular weight is 190 g/mol. The Hall–Kier alpha value is -0.0500. The molecule has 0 saturated carbocycles. The molecule has 1 atom stereocenters. The molecule has 0 aliphatic rings. The summed E-state index contributed by atoms with van der Waals surface area (Å²) in [5.74, 6) is 0. The fraction of sp³-hybridized carbons (Fsp3) is 0.500. The number of rotatable bonds is 4. The first-order valence-electron chi connectivity index (χ1n) is 3.65. The molecule has 0 bridgehead atoms. The third-order valence-corrected chi connectivity index (χ3v) is 2.22. The Kier molecular flexibility index (Phi) is 3.91. The highest BCUT2D eigenvalue weighted by Gasteiger charge is 1.95. The Morgan fingerprint density at radius 2 is 2.55 bits per heavy atom. The molecule has 0 radical (unpaired) electrons. The van der Waals surface area contributed by atoms with Crippen LogP contribution in [0, 0.1) is 0 Å². The first-order chi connectivity index (χ1) is 5.29. The van der Waals surface area contributed by atoms with Gasteiger partial charge in [0, 0.05) is 18.5 Å². The number of nitrogens with one attached hydrogen (secondary N) is 1. The van der Waals surface area contributed by atoms with Crippen molar-refractivity contribution in [2.75, 3.05) is 6.54 Å². The summed E-state index contributed by atoms with van der Waals surface area (Å²) in [6.07, 6.45) is 0. The third kappa shape index (κ3) is 3.75. The summed E-state index contributed by atoms with van der Waals surface area (Å²) in [7, 11) is 0. The van der Waals surface area contributed by atoms with E-state index in [1.165, 1.54) is 5.56 Å². The van der Waals surface area contributed by atoms with Crippen LogP contribution in [0.5, 0.6) is 0 Å². The van der Waals surface area contributed by atoms with E-state index in [2.05, 4.69) is 22.1 Å². The van der Waals surface area contributed by atoms with E-state index in [1.54, 1.807) is 11.3 Å². The van der Waals surface area contributed by atoms with Gasteiger partial charge in [-0.15, -0.1) is 11.6 Å². The molecular formula is C8H12ClNS. The second kappa shape index (κ2) is 4.75. The summed E-state index contributed by atoms with van der Waals surface area (Å²) < 4.78 is 0. The zero-order valence-corrected chi connectivity index (χ0v) is 8.08. The summed E-state index contributed by atoms with van der Waals surface area (Å²) in [6.45, 7) is 3.79. The van der Waals surface area contributed by atoms with Crippen LogP contribution < -0.4 is 5.32 Å². The zero-order valence-electron chi connectivity index (χ0n) is 6.51. The number of hydrogen-bond donors (Lipinski definition) is 1. The van der Waals surface area contributed by atoms with Gasteiger partial charge in [-0.2, -0.15) is 11.3 Å². The lowest BCUT2D eigenvalue weighted by atomic mass is 10.3. The lowest BCUT2D eigenvalue weighted by Crippen LogP contribution is -2.20. The lowest BCUT2D eigenvalue weighted by Gasteiger charge is -2.03. The van der Waals surface area contributed by atoms with E-state index in [0.717, 1.165) is 13.1 Å². The molecule has 0 fully saturated rings. The van der Waals surface area contributed by atoms with Gasteiger partial charge < -0.3 is 5.32 Å². The molecule has 0 spiro atoms. The van der Waals surface area contributed by atoms with Gasteiger partial charge in [0.05, 0.1) is 0 Å². The van der Waals surface area contributed by atoms with Gasteiger partial charge in [-0.1, -0.05) is 0 Å². The van der Waals surface area contributed by atoms with E-state index in [9.17, 15) is 0 Å². The topological polar surface area (TPSA) is 12.0 Å². The number of thiophene rings is 1. The van der Waals surface area contributed by atoms with Crippen molar-refractivity contribution >= 4 is 22.9 Å². The Morgan fingerprint density at radius 3 is 3.09 bits per heavy atom. The van der Waals surface area contributed by atoms with Crippen LogP contribution in [0.15, 0.2) is 16.8 Å². The van der Waals surface area contributed by atoms with Crippen molar-refractivity contribution < 1.29 is 0 Å². The highest BCUT2D eigenvalue weighted by Crippen LogP contribution is 2.04. The first kappa shape index (κ1) is 9.04. The van der Waals surface area contributed by atoms with E-state index in [1.807, 2.05) is 6.92 Å². The molecule has 1 unspecified atom stereocenters. The third-order valence-electron chi connectivity index (χ3n) is 1.33. The molecule has 1 heterocycles. The van der Waals surface area contributed by atoms with Gasteiger partial charge in [0.25, 0.3) is 0 Å². The van der Waals surface area contributed by atoms with Crippen LogP contribution in [-0.4, -0.2) is 11.9 Å². The van der Waals surface area contributed by atoms with Crippen LogP contribution in [0.1, 0.15) is 12.5 Å². The molecule has 0 amide bonds. The van der Waals surface area contributed by atoms with Gasteiger partial charge >= 0.3 is 0 Å². The maximum atomic E-state index is 5.76. The molecule has 0 aromatic carbocycles. The zero-order chi connectivity index (χ0) is 8.10. The molecule has 3 heteroatoms. The molecule has 0 saturated heterocycles. The van der Waals surface area contributed by atoms with Gasteiger partial charge in [0.2, 0.25) is 0 Å². The molecule has 1 N–H and O–H groups in total. The maximum absolute atomic E-state index is 5.76. The lowest BCUT2D eigenvalue weighted by molar-refractivity contribution is 0.681. The van der Waals surface area contributed by atoms with Gasteiger partial charge in [0.15, 0.2) is 0 Å². The maximum Gasteiger partial charge on any atom is 0.0432 e. The molecule has 1 aromatic heterocycles. The first-order valence-corrected chi connectivity index (χ1v) is 5.03. The van der Waals surface area contributed by atoms with Gasteiger partial charge in [0.1, 0.15) is 0 Å². The molecule has 0 aliphatic carbocycles. The molecule has 62 valence electrons. The van der Waals surface area contributed by atoms with Crippen molar-refractivity contribution in [2.24, 2.45) is 0 Å². The smallest absolute Gasteiger partial charge is 0.0432 e. The van der Waals surface area contributed by atoms with Crippen molar-refractivity contribution in [1.29, 1.82) is 0 Å². The number of hydrogen-bond acceptors (Lipinski definition) is 2. The minimum atomic E-state index is 0.216. The summed E-state index contributed by atoms with van der Waals surface area (Å²) in [4.78, 5) is 0. The molecule has 0 aliphatic heterocycles. The highest BCUT2D eigenvalue weighted by atomic mass is 35.5. The van der Waals surface area contributed by atoms with Crippen molar-refractivity contribution in [3.05, 3.63) is 22.4 Å². The summed E-state index contributed by atoms with van der Waals surface area (Å²) in [5, 5.41) is 7.71. The van der Waals surface area contributed by atoms with Crippen LogP contribution in [0.25, 0.3) is 0 Å². The fourth-order valence-corrected chi connectivity index (χ4v) is 1.59. The Labute approximate surface area is 76.4 Å². The Bertz CT molecular complexity index is 184. The van der Waals surface area contributed by atoms with Crippen molar-refractivity contribution in [1.82, 2.24) is 5.32 Å². The van der Waals surface area contributed by atoms with Crippen LogP contribution in [-0.2, 0) is 6.54 Å². The van der Waals surface area contributed by atoms with Gasteiger partial charge in [-0.25, -0.2) is 0 Å². The highest BCUT2D eigenvalue weighted by molar-refractivity contribution is 7.07. The molecule has 1 aromatic rings. The van der Waals surface area contributed by atoms with E-state index < -0.39 is 0 Å². The Morgan fingerprint density at radius 1 is 1.73 bits per heavy atom. The second-order valence-corrected chi connectivity index (χ2v) is 4.07. The minimum Gasteiger partial charge on any atom is -0.311 e. The van der Waals surface area contributed by atoms with E-state index >= 15 is 0 Å². The predicted octanol–water partition coefficient (Wildman–Crippen LogP) is 2.47.